The fourth-order valence-corrected chi connectivity index (χ4v) is 2.11. The number of benzene rings is 1. The van der Waals surface area contributed by atoms with Crippen LogP contribution in [0.1, 0.15) is 24.1 Å². The Hall–Kier alpha value is -1.84. The van der Waals surface area contributed by atoms with Gasteiger partial charge in [0.25, 0.3) is 0 Å². The molecule has 0 bridgehead atoms. The first-order chi connectivity index (χ1) is 8.15. The first-order valence-corrected chi connectivity index (χ1v) is 5.65. The molecule has 1 heterocycles. The van der Waals surface area contributed by atoms with E-state index in [1.165, 1.54) is 4.90 Å². The van der Waals surface area contributed by atoms with Gasteiger partial charge < -0.3 is 9.64 Å². The van der Waals surface area contributed by atoms with Crippen LogP contribution in [-0.4, -0.2) is 30.4 Å². The van der Waals surface area contributed by atoms with Crippen LogP contribution < -0.4 is 0 Å². The quantitative estimate of drug-likeness (QED) is 0.723. The number of nitrogens with zero attached hydrogens (tertiary/aromatic N) is 1. The van der Waals surface area contributed by atoms with E-state index in [0.29, 0.717) is 13.0 Å². The molecule has 2 rings (SSSR count). The zero-order chi connectivity index (χ0) is 12.4. The summed E-state index contributed by atoms with van der Waals surface area (Å²) in [6, 6.07) is 6.90. The lowest BCUT2D eigenvalue weighted by Gasteiger charge is -2.32. The van der Waals surface area contributed by atoms with Crippen molar-refractivity contribution in [1.82, 2.24) is 4.90 Å². The van der Waals surface area contributed by atoms with Crippen molar-refractivity contribution in [2.45, 2.75) is 19.4 Å². The van der Waals surface area contributed by atoms with E-state index in [4.69, 9.17) is 4.74 Å². The average Bonchev–Trinajstić information content (AvgIpc) is 2.31. The number of likely N-dealkylation sites (N-methyl/N-ethyl adjacent to an activating group) is 1. The maximum atomic E-state index is 11.9. The van der Waals surface area contributed by atoms with Crippen molar-refractivity contribution in [3.8, 4) is 0 Å². The lowest BCUT2D eigenvalue weighted by molar-refractivity contribution is -0.154. The third-order valence-electron chi connectivity index (χ3n) is 2.98. The molecule has 1 aromatic carbocycles. The molecule has 1 aromatic rings. The van der Waals surface area contributed by atoms with Crippen LogP contribution in [0.25, 0.3) is 0 Å². The number of amides is 1. The normalized spacial score (nSPS) is 18.8. The zero-order valence-electron chi connectivity index (χ0n) is 9.97. The molecule has 1 unspecified atom stereocenters. The molecule has 0 saturated carbocycles. The second-order valence-electron chi connectivity index (χ2n) is 4.03. The smallest absolute Gasteiger partial charge is 0.333 e. The van der Waals surface area contributed by atoms with Gasteiger partial charge in [0.15, 0.2) is 6.04 Å². The molecule has 0 N–H and O–H groups in total. The predicted molar refractivity (Wildman–Crippen MR) is 62.3 cm³/mol. The number of carbonyl (C=O) groups is 2. The molecule has 0 saturated heterocycles. The Labute approximate surface area is 100 Å². The summed E-state index contributed by atoms with van der Waals surface area (Å²) in [4.78, 5) is 25.2. The lowest BCUT2D eigenvalue weighted by Crippen LogP contribution is -2.41. The number of fused-ring (bicyclic) bond motifs is 1. The average molecular weight is 233 g/mol. The minimum Gasteiger partial charge on any atom is -0.464 e. The molecule has 0 spiro atoms. The SMILES string of the molecule is CCOC(=O)C1c2ccccc2CC(=O)N1C. The van der Waals surface area contributed by atoms with Crippen molar-refractivity contribution in [3.63, 3.8) is 0 Å². The molecule has 17 heavy (non-hydrogen) atoms. The Kier molecular flexibility index (Phi) is 3.13. The molecule has 90 valence electrons. The van der Waals surface area contributed by atoms with Crippen molar-refractivity contribution in [3.05, 3.63) is 35.4 Å². The summed E-state index contributed by atoms with van der Waals surface area (Å²) in [5.41, 5.74) is 1.78. The van der Waals surface area contributed by atoms with Gasteiger partial charge in [-0.25, -0.2) is 4.79 Å². The van der Waals surface area contributed by atoms with E-state index in [-0.39, 0.29) is 11.9 Å². The lowest BCUT2D eigenvalue weighted by atomic mass is 9.92. The highest BCUT2D eigenvalue weighted by molar-refractivity contribution is 5.89. The number of ether oxygens (including phenoxy) is 1. The Morgan fingerprint density at radius 3 is 2.88 bits per heavy atom. The van der Waals surface area contributed by atoms with E-state index in [9.17, 15) is 9.59 Å². The fourth-order valence-electron chi connectivity index (χ4n) is 2.11. The molecule has 1 amide bonds. The second-order valence-corrected chi connectivity index (χ2v) is 4.03. The van der Waals surface area contributed by atoms with E-state index in [1.807, 2.05) is 24.3 Å². The van der Waals surface area contributed by atoms with Crippen LogP contribution in [0.2, 0.25) is 0 Å². The molecule has 0 radical (unpaired) electrons. The summed E-state index contributed by atoms with van der Waals surface area (Å²) in [7, 11) is 1.64. The van der Waals surface area contributed by atoms with Crippen molar-refractivity contribution in [2.24, 2.45) is 0 Å². The van der Waals surface area contributed by atoms with Crippen LogP contribution in [0.15, 0.2) is 24.3 Å². The van der Waals surface area contributed by atoms with E-state index in [1.54, 1.807) is 14.0 Å². The molecular weight excluding hydrogens is 218 g/mol. The first-order valence-electron chi connectivity index (χ1n) is 5.65. The summed E-state index contributed by atoms with van der Waals surface area (Å²) < 4.78 is 5.02. The summed E-state index contributed by atoms with van der Waals surface area (Å²) in [5.74, 6) is -0.419. The number of hydrogen-bond acceptors (Lipinski definition) is 3. The number of rotatable bonds is 2. The van der Waals surface area contributed by atoms with Gasteiger partial charge in [0, 0.05) is 7.05 Å². The third kappa shape index (κ3) is 2.02. The fraction of sp³-hybridized carbons (Fsp3) is 0.385. The minimum absolute atomic E-state index is 0.0539. The highest BCUT2D eigenvalue weighted by Gasteiger charge is 2.35. The van der Waals surface area contributed by atoms with Crippen LogP contribution in [0.4, 0.5) is 0 Å². The highest BCUT2D eigenvalue weighted by atomic mass is 16.5. The monoisotopic (exact) mass is 233 g/mol. The first kappa shape index (κ1) is 11.6. The van der Waals surface area contributed by atoms with E-state index in [0.717, 1.165) is 11.1 Å². The van der Waals surface area contributed by atoms with Gasteiger partial charge in [0.1, 0.15) is 0 Å². The molecule has 0 fully saturated rings. The third-order valence-corrected chi connectivity index (χ3v) is 2.98. The van der Waals surface area contributed by atoms with Crippen LogP contribution >= 0.6 is 0 Å². The summed E-state index contributed by atoms with van der Waals surface area (Å²) in [6.45, 7) is 2.08. The molecular formula is C13H15NO3. The molecule has 0 aliphatic carbocycles. The van der Waals surface area contributed by atoms with Gasteiger partial charge >= 0.3 is 5.97 Å². The van der Waals surface area contributed by atoms with E-state index < -0.39 is 6.04 Å². The van der Waals surface area contributed by atoms with E-state index in [2.05, 4.69) is 0 Å². The number of hydrogen-bond donors (Lipinski definition) is 0. The van der Waals surface area contributed by atoms with Crippen LogP contribution in [-0.2, 0) is 20.7 Å². The number of esters is 1. The molecule has 4 heteroatoms. The van der Waals surface area contributed by atoms with E-state index >= 15 is 0 Å². The Morgan fingerprint density at radius 1 is 1.47 bits per heavy atom. The van der Waals surface area contributed by atoms with Gasteiger partial charge in [-0.2, -0.15) is 0 Å². The Morgan fingerprint density at radius 2 is 2.18 bits per heavy atom. The molecule has 1 atom stereocenters. The standard InChI is InChI=1S/C13H15NO3/c1-3-17-13(16)12-10-7-5-4-6-9(10)8-11(15)14(12)2/h4-7,12H,3,8H2,1-2H3. The Balaban J connectivity index is 2.42. The zero-order valence-corrected chi connectivity index (χ0v) is 9.97. The van der Waals surface area contributed by atoms with Gasteiger partial charge in [-0.1, -0.05) is 24.3 Å². The molecule has 1 aliphatic rings. The van der Waals surface area contributed by atoms with Gasteiger partial charge in [-0.15, -0.1) is 0 Å². The maximum Gasteiger partial charge on any atom is 0.333 e. The molecule has 4 nitrogen and oxygen atoms in total. The van der Waals surface area contributed by atoms with Crippen LogP contribution in [0.5, 0.6) is 0 Å². The van der Waals surface area contributed by atoms with Crippen molar-refractivity contribution < 1.29 is 14.3 Å². The van der Waals surface area contributed by atoms with Crippen LogP contribution in [0.3, 0.4) is 0 Å². The van der Waals surface area contributed by atoms with Crippen LogP contribution in [0, 0.1) is 0 Å². The second kappa shape index (κ2) is 4.57. The van der Waals surface area contributed by atoms with Crippen molar-refractivity contribution in [1.29, 1.82) is 0 Å². The highest BCUT2D eigenvalue weighted by Crippen LogP contribution is 2.29. The summed E-state index contributed by atoms with van der Waals surface area (Å²) >= 11 is 0. The molecule has 0 aromatic heterocycles. The largest absolute Gasteiger partial charge is 0.464 e. The molecule has 1 aliphatic heterocycles. The topological polar surface area (TPSA) is 46.6 Å². The van der Waals surface area contributed by atoms with Gasteiger partial charge in [-0.05, 0) is 18.1 Å². The van der Waals surface area contributed by atoms with Crippen molar-refractivity contribution in [2.75, 3.05) is 13.7 Å². The maximum absolute atomic E-state index is 11.9. The number of carbonyl (C=O) groups excluding carboxylic acids is 2. The van der Waals surface area contributed by atoms with Gasteiger partial charge in [0.2, 0.25) is 5.91 Å². The summed E-state index contributed by atoms with van der Waals surface area (Å²) in [5, 5.41) is 0. The van der Waals surface area contributed by atoms with Gasteiger partial charge in [-0.3, -0.25) is 4.79 Å². The Bertz CT molecular complexity index is 456. The predicted octanol–water partition coefficient (Wildman–Crippen LogP) is 1.31. The minimum atomic E-state index is -0.604. The van der Waals surface area contributed by atoms with Gasteiger partial charge in [0.05, 0.1) is 13.0 Å². The summed E-state index contributed by atoms with van der Waals surface area (Å²) in [6.07, 6.45) is 0.350. The van der Waals surface area contributed by atoms with Crippen molar-refractivity contribution >= 4 is 11.9 Å².